The van der Waals surface area contributed by atoms with Crippen LogP contribution in [0, 0.1) is 0 Å². The van der Waals surface area contributed by atoms with Gasteiger partial charge in [-0.1, -0.05) is 0 Å². The molecule has 2 heterocycles. The minimum absolute atomic E-state index is 0.451. The zero-order valence-corrected chi connectivity index (χ0v) is 10.9. The third-order valence-electron chi connectivity index (χ3n) is 2.69. The Hall–Kier alpha value is -1.40. The van der Waals surface area contributed by atoms with Gasteiger partial charge in [-0.3, -0.25) is 0 Å². The maximum absolute atomic E-state index is 9.66. The van der Waals surface area contributed by atoms with Crippen molar-refractivity contribution in [3.05, 3.63) is 12.4 Å². The van der Waals surface area contributed by atoms with Crippen LogP contribution in [0.25, 0.3) is 0 Å². The van der Waals surface area contributed by atoms with Crippen molar-refractivity contribution in [3.63, 3.8) is 0 Å². The second kappa shape index (κ2) is 5.49. The van der Waals surface area contributed by atoms with Crippen LogP contribution in [-0.4, -0.2) is 53.5 Å². The van der Waals surface area contributed by atoms with Gasteiger partial charge in [0.2, 0.25) is 0 Å². The molecule has 0 amide bonds. The lowest BCUT2D eigenvalue weighted by molar-refractivity contribution is 0.0944. The lowest BCUT2D eigenvalue weighted by Gasteiger charge is -2.28. The van der Waals surface area contributed by atoms with Gasteiger partial charge in [-0.25, -0.2) is 9.97 Å². The number of aromatic nitrogens is 2. The number of morpholine rings is 1. The molecule has 2 N–H and O–H groups in total. The molecule has 1 saturated heterocycles. The summed E-state index contributed by atoms with van der Waals surface area (Å²) in [4.78, 5) is 10.6. The van der Waals surface area contributed by atoms with Gasteiger partial charge < -0.3 is 20.1 Å². The minimum Gasteiger partial charge on any atom is -0.389 e. The minimum atomic E-state index is -0.760. The number of hydrogen-bond acceptors (Lipinski definition) is 6. The highest BCUT2D eigenvalue weighted by Gasteiger charge is 2.15. The normalized spacial score (nSPS) is 16.7. The summed E-state index contributed by atoms with van der Waals surface area (Å²) in [6.45, 7) is 7.12. The fourth-order valence-electron chi connectivity index (χ4n) is 1.72. The van der Waals surface area contributed by atoms with E-state index in [4.69, 9.17) is 4.74 Å². The van der Waals surface area contributed by atoms with Gasteiger partial charge in [-0.15, -0.1) is 0 Å². The number of anilines is 2. The van der Waals surface area contributed by atoms with Crippen molar-refractivity contribution in [3.8, 4) is 0 Å². The molecule has 0 bridgehead atoms. The quantitative estimate of drug-likeness (QED) is 0.813. The molecule has 100 valence electrons. The Morgan fingerprint density at radius 1 is 1.39 bits per heavy atom. The Balaban J connectivity index is 2.00. The van der Waals surface area contributed by atoms with E-state index in [0.717, 1.165) is 37.9 Å². The summed E-state index contributed by atoms with van der Waals surface area (Å²) in [6, 6.07) is 1.90. The highest BCUT2D eigenvalue weighted by molar-refractivity contribution is 5.48. The maximum Gasteiger partial charge on any atom is 0.134 e. The van der Waals surface area contributed by atoms with E-state index < -0.39 is 5.60 Å². The molecular weight excluding hydrogens is 232 g/mol. The van der Waals surface area contributed by atoms with Gasteiger partial charge >= 0.3 is 0 Å². The van der Waals surface area contributed by atoms with E-state index in [0.29, 0.717) is 6.54 Å². The number of aliphatic hydroxyl groups is 1. The molecule has 0 unspecified atom stereocenters. The topological polar surface area (TPSA) is 70.5 Å². The van der Waals surface area contributed by atoms with Gasteiger partial charge in [0.25, 0.3) is 0 Å². The van der Waals surface area contributed by atoms with Crippen LogP contribution in [0.4, 0.5) is 11.6 Å². The highest BCUT2D eigenvalue weighted by Crippen LogP contribution is 2.15. The SMILES string of the molecule is CC(C)(O)CNc1cc(N2CCOCC2)ncn1. The molecule has 0 aliphatic carbocycles. The number of ether oxygens (including phenoxy) is 1. The van der Waals surface area contributed by atoms with E-state index in [-0.39, 0.29) is 0 Å². The fraction of sp³-hybridized carbons (Fsp3) is 0.667. The smallest absolute Gasteiger partial charge is 0.134 e. The molecule has 0 spiro atoms. The zero-order valence-electron chi connectivity index (χ0n) is 10.9. The van der Waals surface area contributed by atoms with Gasteiger partial charge in [0.1, 0.15) is 18.0 Å². The average molecular weight is 252 g/mol. The first-order chi connectivity index (χ1) is 8.54. The predicted molar refractivity (Wildman–Crippen MR) is 69.9 cm³/mol. The van der Waals surface area contributed by atoms with Gasteiger partial charge in [-0.05, 0) is 13.8 Å². The second-order valence-corrected chi connectivity index (χ2v) is 5.03. The molecule has 2 rings (SSSR count). The molecule has 1 aromatic rings. The van der Waals surface area contributed by atoms with Crippen molar-refractivity contribution >= 4 is 11.6 Å². The standard InChI is InChI=1S/C12H20N4O2/c1-12(2,17)8-13-10-7-11(15-9-14-10)16-3-5-18-6-4-16/h7,9,17H,3-6,8H2,1-2H3,(H,13,14,15). The predicted octanol–water partition coefficient (Wildman–Crippen LogP) is 0.496. The van der Waals surface area contributed by atoms with E-state index in [9.17, 15) is 5.11 Å². The van der Waals surface area contributed by atoms with Crippen LogP contribution < -0.4 is 10.2 Å². The summed E-state index contributed by atoms with van der Waals surface area (Å²) in [7, 11) is 0. The van der Waals surface area contributed by atoms with Crippen molar-refractivity contribution < 1.29 is 9.84 Å². The molecule has 1 aromatic heterocycles. The molecule has 0 aromatic carbocycles. The summed E-state index contributed by atoms with van der Waals surface area (Å²) in [5.41, 5.74) is -0.760. The third-order valence-corrected chi connectivity index (χ3v) is 2.69. The Labute approximate surface area is 107 Å². The molecule has 0 radical (unpaired) electrons. The zero-order chi connectivity index (χ0) is 13.0. The van der Waals surface area contributed by atoms with Gasteiger partial charge in [0.15, 0.2) is 0 Å². The van der Waals surface area contributed by atoms with Crippen molar-refractivity contribution in [2.45, 2.75) is 19.4 Å². The van der Waals surface area contributed by atoms with Crippen LogP contribution in [0.15, 0.2) is 12.4 Å². The maximum atomic E-state index is 9.66. The van der Waals surface area contributed by atoms with Crippen molar-refractivity contribution in [1.29, 1.82) is 0 Å². The molecule has 0 saturated carbocycles. The van der Waals surface area contributed by atoms with Gasteiger partial charge in [-0.2, -0.15) is 0 Å². The lowest BCUT2D eigenvalue weighted by atomic mass is 10.1. The van der Waals surface area contributed by atoms with Crippen LogP contribution in [0.2, 0.25) is 0 Å². The summed E-state index contributed by atoms with van der Waals surface area (Å²) < 4.78 is 5.31. The Morgan fingerprint density at radius 3 is 2.78 bits per heavy atom. The molecule has 6 nitrogen and oxygen atoms in total. The van der Waals surface area contributed by atoms with Crippen LogP contribution in [-0.2, 0) is 4.74 Å². The van der Waals surface area contributed by atoms with E-state index in [2.05, 4.69) is 20.2 Å². The fourth-order valence-corrected chi connectivity index (χ4v) is 1.72. The molecule has 1 aliphatic rings. The molecular formula is C12H20N4O2. The monoisotopic (exact) mass is 252 g/mol. The average Bonchev–Trinajstić information content (AvgIpc) is 2.37. The van der Waals surface area contributed by atoms with Crippen LogP contribution >= 0.6 is 0 Å². The van der Waals surface area contributed by atoms with E-state index in [1.54, 1.807) is 13.8 Å². The van der Waals surface area contributed by atoms with Crippen molar-refractivity contribution in [1.82, 2.24) is 9.97 Å². The summed E-state index contributed by atoms with van der Waals surface area (Å²) in [5.74, 6) is 1.63. The van der Waals surface area contributed by atoms with E-state index in [1.165, 1.54) is 6.33 Å². The summed E-state index contributed by atoms with van der Waals surface area (Å²) >= 11 is 0. The lowest BCUT2D eigenvalue weighted by Crippen LogP contribution is -2.37. The first kappa shape index (κ1) is 13.0. The highest BCUT2D eigenvalue weighted by atomic mass is 16.5. The number of nitrogens with one attached hydrogen (secondary N) is 1. The van der Waals surface area contributed by atoms with Crippen LogP contribution in [0.3, 0.4) is 0 Å². The molecule has 18 heavy (non-hydrogen) atoms. The van der Waals surface area contributed by atoms with Gasteiger partial charge in [0.05, 0.1) is 18.8 Å². The Kier molecular flexibility index (Phi) is 3.98. The number of hydrogen-bond donors (Lipinski definition) is 2. The van der Waals surface area contributed by atoms with Crippen LogP contribution in [0.1, 0.15) is 13.8 Å². The molecule has 1 aliphatic heterocycles. The molecule has 1 fully saturated rings. The first-order valence-corrected chi connectivity index (χ1v) is 6.16. The second-order valence-electron chi connectivity index (χ2n) is 5.03. The Morgan fingerprint density at radius 2 is 2.11 bits per heavy atom. The van der Waals surface area contributed by atoms with Crippen molar-refractivity contribution in [2.75, 3.05) is 43.1 Å². The van der Waals surface area contributed by atoms with Crippen LogP contribution in [0.5, 0.6) is 0 Å². The molecule has 0 atom stereocenters. The first-order valence-electron chi connectivity index (χ1n) is 6.16. The van der Waals surface area contributed by atoms with E-state index in [1.807, 2.05) is 6.07 Å². The Bertz CT molecular complexity index is 386. The van der Waals surface area contributed by atoms with Gasteiger partial charge in [0, 0.05) is 25.7 Å². The number of rotatable bonds is 4. The summed E-state index contributed by atoms with van der Waals surface area (Å²) in [5, 5.41) is 12.8. The molecule has 6 heteroatoms. The van der Waals surface area contributed by atoms with Crippen molar-refractivity contribution in [2.24, 2.45) is 0 Å². The summed E-state index contributed by atoms with van der Waals surface area (Å²) in [6.07, 6.45) is 1.54. The third kappa shape index (κ3) is 3.82. The van der Waals surface area contributed by atoms with E-state index >= 15 is 0 Å². The largest absolute Gasteiger partial charge is 0.389 e. The number of nitrogens with zero attached hydrogens (tertiary/aromatic N) is 3.